The smallest absolute Gasteiger partial charge is 0.278 e. The fourth-order valence-electron chi connectivity index (χ4n) is 2.72. The summed E-state index contributed by atoms with van der Waals surface area (Å²) in [6.45, 7) is 0.397. The molecule has 1 amide bonds. The molecule has 2 heterocycles. The van der Waals surface area contributed by atoms with Crippen LogP contribution in [0.15, 0.2) is 76.0 Å². The van der Waals surface area contributed by atoms with Crippen LogP contribution in [0.25, 0.3) is 17.3 Å². The number of aromatic nitrogens is 4. The van der Waals surface area contributed by atoms with Crippen molar-refractivity contribution in [3.8, 4) is 17.3 Å². The fraction of sp³-hybridized carbons (Fsp3) is 0.0952. The third kappa shape index (κ3) is 4.46. The van der Waals surface area contributed by atoms with E-state index in [0.717, 1.165) is 10.2 Å². The maximum absolute atomic E-state index is 13.1. The summed E-state index contributed by atoms with van der Waals surface area (Å²) in [5, 5.41) is 10.8. The van der Waals surface area contributed by atoms with Crippen molar-refractivity contribution in [1.29, 1.82) is 0 Å². The molecule has 1 N–H and O–H groups in total. The van der Waals surface area contributed by atoms with Gasteiger partial charge in [0, 0.05) is 12.6 Å². The van der Waals surface area contributed by atoms with Gasteiger partial charge in [-0.1, -0.05) is 35.5 Å². The molecular weight excluding hydrogens is 389 g/mol. The van der Waals surface area contributed by atoms with Crippen LogP contribution in [0.5, 0.6) is 0 Å². The number of benzene rings is 2. The Bertz CT molecular complexity index is 1220. The Hall–Kier alpha value is -4.14. The summed E-state index contributed by atoms with van der Waals surface area (Å²) in [7, 11) is 0. The van der Waals surface area contributed by atoms with Gasteiger partial charge in [-0.05, 0) is 35.9 Å². The van der Waals surface area contributed by atoms with E-state index in [1.54, 1.807) is 0 Å². The van der Waals surface area contributed by atoms with Crippen LogP contribution in [0.4, 0.5) is 4.39 Å². The minimum Gasteiger partial charge on any atom is -0.352 e. The fourth-order valence-corrected chi connectivity index (χ4v) is 2.72. The second-order valence-corrected chi connectivity index (χ2v) is 6.40. The Labute approximate surface area is 170 Å². The molecule has 0 saturated heterocycles. The van der Waals surface area contributed by atoms with Gasteiger partial charge in [0.15, 0.2) is 5.82 Å². The second-order valence-electron chi connectivity index (χ2n) is 6.40. The Morgan fingerprint density at radius 2 is 1.80 bits per heavy atom. The summed E-state index contributed by atoms with van der Waals surface area (Å²) in [5.41, 5.74) is 1.22. The van der Waals surface area contributed by atoms with Gasteiger partial charge in [-0.25, -0.2) is 4.39 Å². The molecule has 0 atom stereocenters. The topological polar surface area (TPSA) is 103 Å². The van der Waals surface area contributed by atoms with Crippen LogP contribution in [-0.4, -0.2) is 25.8 Å². The Kier molecular flexibility index (Phi) is 5.42. The zero-order valence-electron chi connectivity index (χ0n) is 15.7. The molecule has 0 aliphatic carbocycles. The zero-order chi connectivity index (χ0) is 20.9. The number of nitrogens with one attached hydrogen (secondary N) is 1. The van der Waals surface area contributed by atoms with E-state index < -0.39 is 11.4 Å². The molecule has 4 rings (SSSR count). The molecule has 30 heavy (non-hydrogen) atoms. The van der Waals surface area contributed by atoms with Gasteiger partial charge in [0.2, 0.25) is 5.91 Å². The van der Waals surface area contributed by atoms with E-state index in [9.17, 15) is 14.0 Å². The number of amides is 1. The van der Waals surface area contributed by atoms with Gasteiger partial charge in [-0.15, -0.1) is 0 Å². The lowest BCUT2D eigenvalue weighted by atomic mass is 10.2. The maximum atomic E-state index is 13.1. The van der Waals surface area contributed by atoms with Crippen LogP contribution < -0.4 is 10.9 Å². The quantitative estimate of drug-likeness (QED) is 0.528. The summed E-state index contributed by atoms with van der Waals surface area (Å²) < 4.78 is 19.4. The molecule has 8 nitrogen and oxygen atoms in total. The highest BCUT2D eigenvalue weighted by Crippen LogP contribution is 2.14. The van der Waals surface area contributed by atoms with E-state index in [2.05, 4.69) is 20.6 Å². The SMILES string of the molecule is O=C(Cc1noc(-c2ccc(=O)n(-c3ccc(F)cc3)n2)n1)NCc1ccccc1. The average molecular weight is 405 g/mol. The summed E-state index contributed by atoms with van der Waals surface area (Å²) in [5.74, 6) is -0.418. The van der Waals surface area contributed by atoms with Gasteiger partial charge in [-0.3, -0.25) is 9.59 Å². The molecular formula is C21H16FN5O3. The highest BCUT2D eigenvalue weighted by molar-refractivity contribution is 5.77. The van der Waals surface area contributed by atoms with Gasteiger partial charge in [-0.2, -0.15) is 14.8 Å². The van der Waals surface area contributed by atoms with Crippen molar-refractivity contribution < 1.29 is 13.7 Å². The van der Waals surface area contributed by atoms with E-state index in [-0.39, 0.29) is 29.7 Å². The summed E-state index contributed by atoms with van der Waals surface area (Å²) in [6.07, 6.45) is -0.0616. The summed E-state index contributed by atoms with van der Waals surface area (Å²) in [4.78, 5) is 28.4. The molecule has 0 bridgehead atoms. The molecule has 0 radical (unpaired) electrons. The first-order valence-corrected chi connectivity index (χ1v) is 9.08. The molecule has 4 aromatic rings. The lowest BCUT2D eigenvalue weighted by Crippen LogP contribution is -2.24. The minimum absolute atomic E-state index is 0.0616. The minimum atomic E-state index is -0.421. The number of carbonyl (C=O) groups is 1. The summed E-state index contributed by atoms with van der Waals surface area (Å²) >= 11 is 0. The van der Waals surface area contributed by atoms with Gasteiger partial charge in [0.05, 0.1) is 12.1 Å². The highest BCUT2D eigenvalue weighted by Gasteiger charge is 2.15. The van der Waals surface area contributed by atoms with Gasteiger partial charge in [0.1, 0.15) is 11.5 Å². The van der Waals surface area contributed by atoms with E-state index in [1.165, 1.54) is 36.4 Å². The van der Waals surface area contributed by atoms with Crippen molar-refractivity contribution in [3.63, 3.8) is 0 Å². The molecule has 9 heteroatoms. The van der Waals surface area contributed by atoms with Crippen LogP contribution in [0, 0.1) is 5.82 Å². The summed E-state index contributed by atoms with van der Waals surface area (Å²) in [6, 6.07) is 17.6. The Balaban J connectivity index is 1.47. The van der Waals surface area contributed by atoms with Crippen molar-refractivity contribution in [1.82, 2.24) is 25.2 Å². The van der Waals surface area contributed by atoms with Crippen molar-refractivity contribution in [2.45, 2.75) is 13.0 Å². The van der Waals surface area contributed by atoms with Crippen LogP contribution >= 0.6 is 0 Å². The van der Waals surface area contributed by atoms with Crippen molar-refractivity contribution in [3.05, 3.63) is 94.3 Å². The van der Waals surface area contributed by atoms with E-state index in [0.29, 0.717) is 12.2 Å². The molecule has 0 unspecified atom stereocenters. The number of nitrogens with zero attached hydrogens (tertiary/aromatic N) is 4. The highest BCUT2D eigenvalue weighted by atomic mass is 19.1. The predicted molar refractivity (Wildman–Crippen MR) is 105 cm³/mol. The van der Waals surface area contributed by atoms with Crippen molar-refractivity contribution in [2.24, 2.45) is 0 Å². The van der Waals surface area contributed by atoms with Gasteiger partial charge in [0.25, 0.3) is 11.4 Å². The molecule has 0 spiro atoms. The molecule has 0 aliphatic heterocycles. The monoisotopic (exact) mass is 405 g/mol. The van der Waals surface area contributed by atoms with Crippen molar-refractivity contribution >= 4 is 5.91 Å². The van der Waals surface area contributed by atoms with E-state index in [4.69, 9.17) is 4.52 Å². The lowest BCUT2D eigenvalue weighted by Gasteiger charge is -2.04. The van der Waals surface area contributed by atoms with Gasteiger partial charge < -0.3 is 9.84 Å². The normalized spacial score (nSPS) is 10.7. The number of carbonyl (C=O) groups excluding carboxylic acids is 1. The first-order chi connectivity index (χ1) is 14.6. The van der Waals surface area contributed by atoms with E-state index in [1.807, 2.05) is 30.3 Å². The van der Waals surface area contributed by atoms with E-state index >= 15 is 0 Å². The standard InChI is InChI=1S/C21H16FN5O3/c22-15-6-8-16(9-7-15)27-20(29)11-10-17(25-27)21-24-18(26-30-21)12-19(28)23-13-14-4-2-1-3-5-14/h1-11H,12-13H2,(H,23,28). The van der Waals surface area contributed by atoms with Crippen LogP contribution in [0.1, 0.15) is 11.4 Å². The Morgan fingerprint density at radius 3 is 2.57 bits per heavy atom. The average Bonchev–Trinajstić information content (AvgIpc) is 3.22. The number of hydrogen-bond donors (Lipinski definition) is 1. The van der Waals surface area contributed by atoms with Crippen LogP contribution in [-0.2, 0) is 17.8 Å². The van der Waals surface area contributed by atoms with Crippen molar-refractivity contribution in [2.75, 3.05) is 0 Å². The first kappa shape index (κ1) is 19.2. The largest absolute Gasteiger partial charge is 0.352 e. The Morgan fingerprint density at radius 1 is 1.03 bits per heavy atom. The van der Waals surface area contributed by atoms with Crippen LogP contribution in [0.2, 0.25) is 0 Å². The molecule has 2 aromatic heterocycles. The molecule has 0 aliphatic rings. The zero-order valence-corrected chi connectivity index (χ0v) is 15.7. The lowest BCUT2D eigenvalue weighted by molar-refractivity contribution is -0.120. The first-order valence-electron chi connectivity index (χ1n) is 9.08. The third-order valence-corrected chi connectivity index (χ3v) is 4.21. The van der Waals surface area contributed by atoms with Crippen LogP contribution in [0.3, 0.4) is 0 Å². The molecule has 2 aromatic carbocycles. The molecule has 0 saturated carbocycles. The number of hydrogen-bond acceptors (Lipinski definition) is 6. The number of rotatable bonds is 6. The second kappa shape index (κ2) is 8.48. The van der Waals surface area contributed by atoms with Gasteiger partial charge >= 0.3 is 0 Å². The maximum Gasteiger partial charge on any atom is 0.278 e. The predicted octanol–water partition coefficient (Wildman–Crippen LogP) is 2.28. The third-order valence-electron chi connectivity index (χ3n) is 4.21. The molecule has 0 fully saturated rings. The number of halogens is 1. The molecule has 150 valence electrons.